The van der Waals surface area contributed by atoms with Crippen LogP contribution in [0.15, 0.2) is 18.2 Å². The molecule has 1 rings (SSSR count). The van der Waals surface area contributed by atoms with Gasteiger partial charge in [0.1, 0.15) is 0 Å². The third-order valence-electron chi connectivity index (χ3n) is 2.37. The Morgan fingerprint density at radius 3 is 2.63 bits per heavy atom. The van der Waals surface area contributed by atoms with Crippen molar-refractivity contribution in [2.24, 2.45) is 5.73 Å². The fraction of sp³-hybridized carbons (Fsp3) is 0.500. The van der Waals surface area contributed by atoms with Crippen molar-refractivity contribution < 1.29 is 19.0 Å². The molecule has 5 heteroatoms. The number of carbonyl (C=O) groups excluding carboxylic acids is 1. The monoisotopic (exact) mass is 267 g/mol. The molecule has 0 atom stereocenters. The van der Waals surface area contributed by atoms with Crippen LogP contribution < -0.4 is 15.2 Å². The van der Waals surface area contributed by atoms with Gasteiger partial charge in [-0.25, -0.2) is 4.79 Å². The van der Waals surface area contributed by atoms with Gasteiger partial charge < -0.3 is 19.9 Å². The van der Waals surface area contributed by atoms with E-state index in [1.807, 2.05) is 12.1 Å². The van der Waals surface area contributed by atoms with Gasteiger partial charge in [-0.15, -0.1) is 0 Å². The van der Waals surface area contributed by atoms with Crippen LogP contribution in [-0.4, -0.2) is 32.3 Å². The van der Waals surface area contributed by atoms with Crippen molar-refractivity contribution in [1.29, 1.82) is 0 Å². The van der Waals surface area contributed by atoms with Gasteiger partial charge in [0, 0.05) is 0 Å². The van der Waals surface area contributed by atoms with Crippen LogP contribution in [0.2, 0.25) is 0 Å². The molecule has 19 heavy (non-hydrogen) atoms. The van der Waals surface area contributed by atoms with Gasteiger partial charge in [0.15, 0.2) is 18.1 Å². The molecule has 0 aliphatic heterocycles. The van der Waals surface area contributed by atoms with Crippen molar-refractivity contribution in [3.05, 3.63) is 23.8 Å². The van der Waals surface area contributed by atoms with Crippen molar-refractivity contribution >= 4 is 5.97 Å². The maximum atomic E-state index is 11.4. The summed E-state index contributed by atoms with van der Waals surface area (Å²) in [5.41, 5.74) is 6.57. The zero-order valence-corrected chi connectivity index (χ0v) is 11.6. The number of esters is 1. The summed E-state index contributed by atoms with van der Waals surface area (Å²) in [7, 11) is 1.56. The number of nitrogens with two attached hydrogens (primary N) is 1. The van der Waals surface area contributed by atoms with E-state index in [4.69, 9.17) is 19.9 Å². The van der Waals surface area contributed by atoms with Crippen LogP contribution in [0.1, 0.15) is 19.4 Å². The Kier molecular flexibility index (Phi) is 6.15. The van der Waals surface area contributed by atoms with E-state index in [1.54, 1.807) is 27.0 Å². The van der Waals surface area contributed by atoms with Crippen molar-refractivity contribution in [2.45, 2.75) is 26.4 Å². The average Bonchev–Trinajstić information content (AvgIpc) is 2.36. The molecular formula is C14H21NO4. The molecule has 1 aromatic carbocycles. The zero-order chi connectivity index (χ0) is 14.3. The molecule has 0 aliphatic carbocycles. The van der Waals surface area contributed by atoms with E-state index >= 15 is 0 Å². The standard InChI is InChI=1S/C14H21NO4/c1-10(2)19-14(16)9-18-12-5-4-11(6-7-15)8-13(12)17-3/h4-5,8,10H,6-7,9,15H2,1-3H3. The molecule has 1 aromatic rings. The van der Waals surface area contributed by atoms with Crippen LogP contribution in [0.25, 0.3) is 0 Å². The lowest BCUT2D eigenvalue weighted by Gasteiger charge is -2.12. The van der Waals surface area contributed by atoms with Gasteiger partial charge in [-0.3, -0.25) is 0 Å². The van der Waals surface area contributed by atoms with Crippen LogP contribution in [0.3, 0.4) is 0 Å². The summed E-state index contributed by atoms with van der Waals surface area (Å²) < 4.78 is 15.6. The summed E-state index contributed by atoms with van der Waals surface area (Å²) >= 11 is 0. The Morgan fingerprint density at radius 1 is 1.32 bits per heavy atom. The third kappa shape index (κ3) is 5.18. The summed E-state index contributed by atoms with van der Waals surface area (Å²) in [4.78, 5) is 11.4. The number of hydrogen-bond donors (Lipinski definition) is 1. The maximum Gasteiger partial charge on any atom is 0.344 e. The molecule has 0 aliphatic rings. The van der Waals surface area contributed by atoms with Gasteiger partial charge in [0.25, 0.3) is 0 Å². The summed E-state index contributed by atoms with van der Waals surface area (Å²) in [5, 5.41) is 0. The highest BCUT2D eigenvalue weighted by Gasteiger charge is 2.10. The van der Waals surface area contributed by atoms with Crippen LogP contribution >= 0.6 is 0 Å². The molecule has 0 amide bonds. The van der Waals surface area contributed by atoms with Gasteiger partial charge in [-0.05, 0) is 44.5 Å². The lowest BCUT2D eigenvalue weighted by atomic mass is 10.1. The van der Waals surface area contributed by atoms with Gasteiger partial charge >= 0.3 is 5.97 Å². The van der Waals surface area contributed by atoms with Crippen molar-refractivity contribution in [3.63, 3.8) is 0 Å². The number of hydrogen-bond acceptors (Lipinski definition) is 5. The van der Waals surface area contributed by atoms with Crippen molar-refractivity contribution in [1.82, 2.24) is 0 Å². The average molecular weight is 267 g/mol. The van der Waals surface area contributed by atoms with E-state index < -0.39 is 5.97 Å². The first-order valence-corrected chi connectivity index (χ1v) is 6.26. The van der Waals surface area contributed by atoms with Crippen LogP contribution in [-0.2, 0) is 16.0 Å². The van der Waals surface area contributed by atoms with Crippen molar-refractivity contribution in [3.8, 4) is 11.5 Å². The Balaban J connectivity index is 2.65. The Morgan fingerprint density at radius 2 is 2.05 bits per heavy atom. The van der Waals surface area contributed by atoms with Gasteiger partial charge in [0.05, 0.1) is 13.2 Å². The van der Waals surface area contributed by atoms with E-state index in [-0.39, 0.29) is 12.7 Å². The molecule has 0 bridgehead atoms. The normalized spacial score (nSPS) is 10.4. The second-order valence-electron chi connectivity index (χ2n) is 4.35. The fourth-order valence-electron chi connectivity index (χ4n) is 1.59. The van der Waals surface area contributed by atoms with E-state index in [2.05, 4.69) is 0 Å². The minimum Gasteiger partial charge on any atom is -0.493 e. The first-order chi connectivity index (χ1) is 9.06. The SMILES string of the molecule is COc1cc(CCN)ccc1OCC(=O)OC(C)C. The molecule has 0 unspecified atom stereocenters. The predicted molar refractivity (Wildman–Crippen MR) is 72.5 cm³/mol. The molecule has 0 saturated carbocycles. The largest absolute Gasteiger partial charge is 0.493 e. The molecule has 106 valence electrons. The lowest BCUT2D eigenvalue weighted by Crippen LogP contribution is -2.18. The van der Waals surface area contributed by atoms with Crippen LogP contribution in [0.4, 0.5) is 0 Å². The highest BCUT2D eigenvalue weighted by atomic mass is 16.6. The third-order valence-corrected chi connectivity index (χ3v) is 2.37. The summed E-state index contributed by atoms with van der Waals surface area (Å²) in [6.45, 7) is 4.02. The molecule has 2 N–H and O–H groups in total. The second-order valence-corrected chi connectivity index (χ2v) is 4.35. The van der Waals surface area contributed by atoms with Gasteiger partial charge in [-0.1, -0.05) is 6.07 Å². The summed E-state index contributed by atoms with van der Waals surface area (Å²) in [6.07, 6.45) is 0.622. The smallest absolute Gasteiger partial charge is 0.344 e. The fourth-order valence-corrected chi connectivity index (χ4v) is 1.59. The molecule has 0 spiro atoms. The molecule has 0 heterocycles. The topological polar surface area (TPSA) is 70.8 Å². The number of benzene rings is 1. The number of ether oxygens (including phenoxy) is 3. The van der Waals surface area contributed by atoms with Gasteiger partial charge in [0.2, 0.25) is 0 Å². The molecule has 0 saturated heterocycles. The first kappa shape index (κ1) is 15.3. The number of carbonyl (C=O) groups is 1. The summed E-state index contributed by atoms with van der Waals surface area (Å²) in [6, 6.07) is 5.53. The Hall–Kier alpha value is -1.75. The molecule has 0 aromatic heterocycles. The van der Waals surface area contributed by atoms with E-state index in [0.717, 1.165) is 12.0 Å². The first-order valence-electron chi connectivity index (χ1n) is 6.26. The molecule has 0 radical (unpaired) electrons. The number of rotatable bonds is 7. The zero-order valence-electron chi connectivity index (χ0n) is 11.6. The molecule has 5 nitrogen and oxygen atoms in total. The maximum absolute atomic E-state index is 11.4. The minimum atomic E-state index is -0.400. The summed E-state index contributed by atoms with van der Waals surface area (Å²) in [5.74, 6) is 0.704. The second kappa shape index (κ2) is 7.63. The van der Waals surface area contributed by atoms with Crippen molar-refractivity contribution in [2.75, 3.05) is 20.3 Å². The molecule has 0 fully saturated rings. The lowest BCUT2D eigenvalue weighted by molar-refractivity contribution is -0.149. The predicted octanol–water partition coefficient (Wildman–Crippen LogP) is 1.53. The quantitative estimate of drug-likeness (QED) is 0.758. The van der Waals surface area contributed by atoms with E-state index in [9.17, 15) is 4.79 Å². The van der Waals surface area contributed by atoms with Crippen LogP contribution in [0.5, 0.6) is 11.5 Å². The Bertz CT molecular complexity index is 418. The number of methoxy groups -OCH3 is 1. The van der Waals surface area contributed by atoms with E-state index in [0.29, 0.717) is 18.0 Å². The minimum absolute atomic E-state index is 0.134. The highest BCUT2D eigenvalue weighted by Crippen LogP contribution is 2.28. The van der Waals surface area contributed by atoms with Crippen LogP contribution in [0, 0.1) is 0 Å². The highest BCUT2D eigenvalue weighted by molar-refractivity contribution is 5.71. The molecular weight excluding hydrogens is 246 g/mol. The Labute approximate surface area is 113 Å². The van der Waals surface area contributed by atoms with Gasteiger partial charge in [-0.2, -0.15) is 0 Å². The van der Waals surface area contributed by atoms with E-state index in [1.165, 1.54) is 0 Å².